The summed E-state index contributed by atoms with van der Waals surface area (Å²) in [5, 5.41) is 17.2. The lowest BCUT2D eigenvalue weighted by molar-refractivity contribution is -0.162. The van der Waals surface area contributed by atoms with E-state index in [1.807, 2.05) is 0 Å². The second kappa shape index (κ2) is 2.87. The van der Waals surface area contributed by atoms with Crippen molar-refractivity contribution in [3.05, 3.63) is 0 Å². The van der Waals surface area contributed by atoms with Crippen molar-refractivity contribution in [2.45, 2.75) is 19.1 Å². The Hall–Kier alpha value is -1.10. The van der Waals surface area contributed by atoms with E-state index in [1.54, 1.807) is 0 Å². The standard InChI is InChI=1S/C6H9NO4/c8-4-2-1-3-7(4)5(9)6(10)11/h5,9H,1-3H2,(H,10,11). The molecule has 1 heterocycles. The summed E-state index contributed by atoms with van der Waals surface area (Å²) in [6.45, 7) is 0.340. The van der Waals surface area contributed by atoms with Gasteiger partial charge in [0.05, 0.1) is 0 Å². The number of carbonyl (C=O) groups excluding carboxylic acids is 1. The molecule has 0 aromatic rings. The first-order chi connectivity index (χ1) is 5.13. The number of hydrogen-bond donors (Lipinski definition) is 2. The van der Waals surface area contributed by atoms with Crippen LogP contribution in [0, 0.1) is 0 Å². The van der Waals surface area contributed by atoms with Gasteiger partial charge in [-0.3, -0.25) is 4.79 Å². The molecule has 62 valence electrons. The monoisotopic (exact) mass is 159 g/mol. The molecule has 1 rings (SSSR count). The van der Waals surface area contributed by atoms with Crippen LogP contribution in [0.3, 0.4) is 0 Å². The minimum absolute atomic E-state index is 0.292. The van der Waals surface area contributed by atoms with Crippen molar-refractivity contribution in [2.75, 3.05) is 6.54 Å². The summed E-state index contributed by atoms with van der Waals surface area (Å²) >= 11 is 0. The summed E-state index contributed by atoms with van der Waals surface area (Å²) < 4.78 is 0. The summed E-state index contributed by atoms with van der Waals surface area (Å²) in [4.78, 5) is 22.0. The molecule has 0 spiro atoms. The molecule has 2 N–H and O–H groups in total. The molecule has 1 aliphatic heterocycles. The second-order valence-corrected chi connectivity index (χ2v) is 2.40. The number of aliphatic hydroxyl groups is 1. The van der Waals surface area contributed by atoms with Gasteiger partial charge in [0.15, 0.2) is 0 Å². The molecule has 1 saturated heterocycles. The van der Waals surface area contributed by atoms with Gasteiger partial charge in [-0.05, 0) is 6.42 Å². The zero-order valence-electron chi connectivity index (χ0n) is 5.86. The van der Waals surface area contributed by atoms with E-state index < -0.39 is 12.2 Å². The minimum atomic E-state index is -1.66. The normalized spacial score (nSPS) is 20.5. The summed E-state index contributed by atoms with van der Waals surface area (Å²) in [5.41, 5.74) is 0. The Morgan fingerprint density at radius 3 is 2.64 bits per heavy atom. The van der Waals surface area contributed by atoms with Crippen LogP contribution in [0.2, 0.25) is 0 Å². The van der Waals surface area contributed by atoms with Crippen LogP contribution in [0.15, 0.2) is 0 Å². The van der Waals surface area contributed by atoms with Crippen LogP contribution < -0.4 is 0 Å². The Labute approximate surface area is 63.2 Å². The highest BCUT2D eigenvalue weighted by atomic mass is 16.4. The number of likely N-dealkylation sites (tertiary alicyclic amines) is 1. The lowest BCUT2D eigenvalue weighted by atomic mass is 10.4. The Kier molecular flexibility index (Phi) is 2.09. The van der Waals surface area contributed by atoms with Crippen LogP contribution in [0.25, 0.3) is 0 Å². The Morgan fingerprint density at radius 2 is 2.27 bits per heavy atom. The van der Waals surface area contributed by atoms with E-state index in [1.165, 1.54) is 0 Å². The van der Waals surface area contributed by atoms with E-state index in [-0.39, 0.29) is 5.91 Å². The maximum Gasteiger partial charge on any atom is 0.354 e. The van der Waals surface area contributed by atoms with Crippen LogP contribution in [-0.4, -0.2) is 39.8 Å². The molecule has 0 aromatic heterocycles. The zero-order chi connectivity index (χ0) is 8.43. The van der Waals surface area contributed by atoms with Crippen molar-refractivity contribution < 1.29 is 19.8 Å². The number of nitrogens with zero attached hydrogens (tertiary/aromatic N) is 1. The molecule has 0 bridgehead atoms. The molecule has 0 aromatic carbocycles. The molecule has 0 radical (unpaired) electrons. The SMILES string of the molecule is O=C(O)C(O)N1CCCC1=O. The summed E-state index contributed by atoms with van der Waals surface area (Å²) in [7, 11) is 0. The maximum absolute atomic E-state index is 10.8. The van der Waals surface area contributed by atoms with Gasteiger partial charge in [0.1, 0.15) is 0 Å². The van der Waals surface area contributed by atoms with E-state index in [0.717, 1.165) is 4.90 Å². The Balaban J connectivity index is 2.59. The number of carboxylic acids is 1. The summed E-state index contributed by atoms with van der Waals surface area (Å²) in [5.74, 6) is -1.67. The third-order valence-corrected chi connectivity index (χ3v) is 1.63. The minimum Gasteiger partial charge on any atom is -0.478 e. The molecule has 11 heavy (non-hydrogen) atoms. The Morgan fingerprint density at radius 1 is 1.64 bits per heavy atom. The van der Waals surface area contributed by atoms with E-state index in [9.17, 15) is 9.59 Å². The average molecular weight is 159 g/mol. The molecule has 1 aliphatic rings. The van der Waals surface area contributed by atoms with Crippen molar-refractivity contribution in [3.8, 4) is 0 Å². The number of aliphatic hydroxyl groups excluding tert-OH is 1. The van der Waals surface area contributed by atoms with Gasteiger partial charge >= 0.3 is 5.97 Å². The second-order valence-electron chi connectivity index (χ2n) is 2.40. The number of hydrogen-bond acceptors (Lipinski definition) is 3. The van der Waals surface area contributed by atoms with Crippen LogP contribution in [-0.2, 0) is 9.59 Å². The molecule has 0 saturated carbocycles. The lowest BCUT2D eigenvalue weighted by Crippen LogP contribution is -2.41. The third kappa shape index (κ3) is 1.48. The van der Waals surface area contributed by atoms with Crippen LogP contribution >= 0.6 is 0 Å². The van der Waals surface area contributed by atoms with Crippen molar-refractivity contribution in [1.29, 1.82) is 0 Å². The van der Waals surface area contributed by atoms with E-state index in [2.05, 4.69) is 0 Å². The van der Waals surface area contributed by atoms with Crippen molar-refractivity contribution in [2.24, 2.45) is 0 Å². The number of carboxylic acid groups (broad SMARTS) is 1. The van der Waals surface area contributed by atoms with Gasteiger partial charge in [-0.1, -0.05) is 0 Å². The molecule has 0 aliphatic carbocycles. The highest BCUT2D eigenvalue weighted by Gasteiger charge is 2.30. The number of amides is 1. The topological polar surface area (TPSA) is 77.8 Å². The van der Waals surface area contributed by atoms with Gasteiger partial charge in [0.25, 0.3) is 0 Å². The van der Waals surface area contributed by atoms with Crippen LogP contribution in [0.4, 0.5) is 0 Å². The maximum atomic E-state index is 10.8. The van der Waals surface area contributed by atoms with Crippen molar-refractivity contribution >= 4 is 11.9 Å². The molecule has 5 nitrogen and oxygen atoms in total. The van der Waals surface area contributed by atoms with E-state index >= 15 is 0 Å². The fourth-order valence-corrected chi connectivity index (χ4v) is 1.06. The van der Waals surface area contributed by atoms with E-state index in [0.29, 0.717) is 19.4 Å². The van der Waals surface area contributed by atoms with Crippen LogP contribution in [0.1, 0.15) is 12.8 Å². The first-order valence-electron chi connectivity index (χ1n) is 3.33. The Bertz CT molecular complexity index is 191. The molecule has 1 atom stereocenters. The van der Waals surface area contributed by atoms with Gasteiger partial charge in [0, 0.05) is 13.0 Å². The van der Waals surface area contributed by atoms with Crippen LogP contribution in [0.5, 0.6) is 0 Å². The fraction of sp³-hybridized carbons (Fsp3) is 0.667. The molecule has 1 fully saturated rings. The fourth-order valence-electron chi connectivity index (χ4n) is 1.06. The highest BCUT2D eigenvalue weighted by molar-refractivity contribution is 5.83. The van der Waals surface area contributed by atoms with Gasteiger partial charge in [-0.2, -0.15) is 0 Å². The van der Waals surface area contributed by atoms with Crippen molar-refractivity contribution in [1.82, 2.24) is 4.90 Å². The number of aliphatic carboxylic acids is 1. The average Bonchev–Trinajstić information content (AvgIpc) is 2.33. The highest BCUT2D eigenvalue weighted by Crippen LogP contribution is 2.11. The molecular weight excluding hydrogens is 150 g/mol. The molecule has 5 heteroatoms. The number of carbonyl (C=O) groups is 2. The first kappa shape index (κ1) is 8.00. The molecule has 1 amide bonds. The van der Waals surface area contributed by atoms with Gasteiger partial charge in [-0.25, -0.2) is 4.79 Å². The lowest BCUT2D eigenvalue weighted by Gasteiger charge is -2.18. The van der Waals surface area contributed by atoms with Crippen molar-refractivity contribution in [3.63, 3.8) is 0 Å². The summed E-state index contributed by atoms with van der Waals surface area (Å²) in [6, 6.07) is 0. The first-order valence-corrected chi connectivity index (χ1v) is 3.33. The molecular formula is C6H9NO4. The smallest absolute Gasteiger partial charge is 0.354 e. The van der Waals surface area contributed by atoms with Gasteiger partial charge in [0.2, 0.25) is 12.1 Å². The largest absolute Gasteiger partial charge is 0.478 e. The predicted molar refractivity (Wildman–Crippen MR) is 34.6 cm³/mol. The van der Waals surface area contributed by atoms with Gasteiger partial charge in [-0.15, -0.1) is 0 Å². The molecule has 1 unspecified atom stereocenters. The summed E-state index contributed by atoms with van der Waals surface area (Å²) in [6.07, 6.45) is -0.696. The van der Waals surface area contributed by atoms with E-state index in [4.69, 9.17) is 10.2 Å². The quantitative estimate of drug-likeness (QED) is 0.542. The predicted octanol–water partition coefficient (Wildman–Crippen LogP) is -0.988. The third-order valence-electron chi connectivity index (χ3n) is 1.63. The zero-order valence-corrected chi connectivity index (χ0v) is 5.86. The van der Waals surface area contributed by atoms with Gasteiger partial charge < -0.3 is 15.1 Å². The number of rotatable bonds is 2.